The Morgan fingerprint density at radius 2 is 0.594 bits per heavy atom. The van der Waals surface area contributed by atoms with E-state index in [4.69, 9.17) is 0 Å². The highest BCUT2D eigenvalue weighted by atomic mass is 14.3. The maximum absolute atomic E-state index is 2.54. The maximum Gasteiger partial charge on any atom is -0.000718 e. The molecule has 15 aromatic carbocycles. The van der Waals surface area contributed by atoms with E-state index in [0.717, 1.165) is 0 Å². The van der Waals surface area contributed by atoms with Gasteiger partial charge in [0.05, 0.1) is 0 Å². The molecule has 0 radical (unpaired) electrons. The molecule has 0 nitrogen and oxygen atoms in total. The van der Waals surface area contributed by atoms with Gasteiger partial charge in [0.25, 0.3) is 0 Å². The molecular formula is C64H34. The van der Waals surface area contributed by atoms with Gasteiger partial charge >= 0.3 is 0 Å². The van der Waals surface area contributed by atoms with E-state index >= 15 is 0 Å². The van der Waals surface area contributed by atoms with E-state index in [0.29, 0.717) is 0 Å². The molecule has 0 bridgehead atoms. The lowest BCUT2D eigenvalue weighted by molar-refractivity contribution is 1.62. The van der Waals surface area contributed by atoms with Gasteiger partial charge in [-0.2, -0.15) is 0 Å². The average Bonchev–Trinajstić information content (AvgIpc) is 4.00. The van der Waals surface area contributed by atoms with Crippen molar-refractivity contribution in [2.24, 2.45) is 0 Å². The summed E-state index contributed by atoms with van der Waals surface area (Å²) >= 11 is 0. The summed E-state index contributed by atoms with van der Waals surface area (Å²) in [7, 11) is 0. The van der Waals surface area contributed by atoms with Crippen LogP contribution in [0.1, 0.15) is 0 Å². The normalized spacial score (nSPS) is 12.7. The summed E-state index contributed by atoms with van der Waals surface area (Å²) in [5.41, 5.74) is 13.0. The first-order chi connectivity index (χ1) is 31.8. The van der Waals surface area contributed by atoms with E-state index in [9.17, 15) is 0 Å². The maximum atomic E-state index is 2.54. The highest BCUT2D eigenvalue weighted by Gasteiger charge is 2.30. The van der Waals surface area contributed by atoms with Crippen LogP contribution in [0.2, 0.25) is 0 Å². The largest absolute Gasteiger partial charge is 0.0622 e. The van der Waals surface area contributed by atoms with Gasteiger partial charge in [-0.3, -0.25) is 0 Å². The molecule has 64 heavy (non-hydrogen) atoms. The fourth-order valence-electron chi connectivity index (χ4n) is 12.8. The molecule has 0 heterocycles. The number of fused-ring (bicyclic) bond motifs is 13. The molecule has 0 amide bonds. The lowest BCUT2D eigenvalue weighted by atomic mass is 9.84. The molecule has 290 valence electrons. The number of hydrogen-bond acceptors (Lipinski definition) is 0. The lowest BCUT2D eigenvalue weighted by Crippen LogP contribution is -1.91. The second-order valence-electron chi connectivity index (χ2n) is 18.1. The molecule has 0 saturated heterocycles. The smallest absolute Gasteiger partial charge is 0.000718 e. The number of benzene rings is 13. The molecule has 1 aliphatic carbocycles. The number of rotatable bonds is 3. The minimum Gasteiger partial charge on any atom is -0.0622 e. The van der Waals surface area contributed by atoms with Crippen LogP contribution in [-0.4, -0.2) is 0 Å². The Labute approximate surface area is 367 Å². The molecule has 0 unspecified atom stereocenters. The van der Waals surface area contributed by atoms with Gasteiger partial charge in [0, 0.05) is 0 Å². The summed E-state index contributed by atoms with van der Waals surface area (Å²) in [6.07, 6.45) is 0. The lowest BCUT2D eigenvalue weighted by Gasteiger charge is -2.19. The first-order valence-corrected chi connectivity index (χ1v) is 22.5. The van der Waals surface area contributed by atoms with Gasteiger partial charge in [-0.05, 0) is 175 Å². The van der Waals surface area contributed by atoms with Crippen molar-refractivity contribution in [1.82, 2.24) is 0 Å². The van der Waals surface area contributed by atoms with Gasteiger partial charge in [-0.1, -0.05) is 194 Å². The summed E-state index contributed by atoms with van der Waals surface area (Å²) in [6.45, 7) is 0. The Morgan fingerprint density at radius 1 is 0.156 bits per heavy atom. The molecule has 0 aromatic heterocycles. The van der Waals surface area contributed by atoms with Crippen LogP contribution in [0.25, 0.3) is 163 Å². The van der Waals surface area contributed by atoms with E-state index in [-0.39, 0.29) is 0 Å². The van der Waals surface area contributed by atoms with E-state index < -0.39 is 0 Å². The molecule has 0 N–H and O–H groups in total. The minimum absolute atomic E-state index is 1.25. The highest BCUT2D eigenvalue weighted by Crippen LogP contribution is 2.58. The van der Waals surface area contributed by atoms with Crippen molar-refractivity contribution in [1.29, 1.82) is 0 Å². The Balaban J connectivity index is 1.09. The SMILES string of the molecule is c1ccc(-c2ccc3c(c2)-c2ccc4c5ccc6c7c(-c8ccccc8)c8c(cc9c%10ccccc%10c%10cccc8c%109)c(-c8ccccc8)c7c7ccc(c8ccc-3c2c84)c5c76)cc1. The fraction of sp³-hybridized carbons (Fsp3) is 0. The molecule has 16 rings (SSSR count). The van der Waals surface area contributed by atoms with Crippen LogP contribution in [-0.2, 0) is 0 Å². The molecule has 0 saturated carbocycles. The Bertz CT molecular complexity index is 4460. The molecule has 15 aromatic rings. The van der Waals surface area contributed by atoms with Gasteiger partial charge < -0.3 is 0 Å². The summed E-state index contributed by atoms with van der Waals surface area (Å²) < 4.78 is 0. The quantitative estimate of drug-likeness (QED) is 0.123. The second kappa shape index (κ2) is 11.8. The van der Waals surface area contributed by atoms with Crippen LogP contribution in [0.5, 0.6) is 0 Å². The molecule has 0 aliphatic heterocycles. The molecule has 0 atom stereocenters. The summed E-state index contributed by atoms with van der Waals surface area (Å²) in [5, 5.41) is 26.8. The molecular weight excluding hydrogens is 769 g/mol. The molecule has 0 fully saturated rings. The predicted octanol–water partition coefficient (Wildman–Crippen LogP) is 18.2. The molecule has 0 spiro atoms. The van der Waals surface area contributed by atoms with E-state index in [1.807, 2.05) is 0 Å². The van der Waals surface area contributed by atoms with Crippen LogP contribution in [0.15, 0.2) is 206 Å². The zero-order chi connectivity index (χ0) is 41.4. The first-order valence-electron chi connectivity index (χ1n) is 22.5. The highest BCUT2D eigenvalue weighted by molar-refractivity contribution is 6.49. The number of hydrogen-bond donors (Lipinski definition) is 0. The summed E-state index contributed by atoms with van der Waals surface area (Å²) in [5.74, 6) is 0. The van der Waals surface area contributed by atoms with Crippen molar-refractivity contribution in [3.05, 3.63) is 206 Å². The van der Waals surface area contributed by atoms with Crippen LogP contribution >= 0.6 is 0 Å². The topological polar surface area (TPSA) is 0 Å². The van der Waals surface area contributed by atoms with Crippen LogP contribution < -0.4 is 0 Å². The molecule has 1 aliphatic rings. The standard InChI is InChI=1S/C64H34/c1-4-13-35(14-5-1)38-23-24-41-43-25-26-44-46-29-31-50-61-51(32-30-47(60(46)61)45-27-28-48(52(41)33-38)58(43)59(44)45)64-56(37-17-8-3-9-18-37)62-49-22-12-21-42-39-19-10-11-20-40(39)53(57(42)49)34-54(62)55(63(50)64)36-15-6-2-7-16-36/h1-34H. The van der Waals surface area contributed by atoms with E-state index in [1.165, 1.54) is 163 Å². The monoisotopic (exact) mass is 802 g/mol. The van der Waals surface area contributed by atoms with Gasteiger partial charge in [-0.25, -0.2) is 0 Å². The molecule has 0 heteroatoms. The first kappa shape index (κ1) is 33.3. The third-order valence-corrected chi connectivity index (χ3v) is 15.2. The van der Waals surface area contributed by atoms with Crippen molar-refractivity contribution < 1.29 is 0 Å². The van der Waals surface area contributed by atoms with Crippen molar-refractivity contribution in [3.8, 4) is 55.6 Å². The minimum atomic E-state index is 1.25. The fourth-order valence-corrected chi connectivity index (χ4v) is 12.8. The summed E-state index contributed by atoms with van der Waals surface area (Å²) in [4.78, 5) is 0. The van der Waals surface area contributed by atoms with Crippen LogP contribution in [0, 0.1) is 0 Å². The third-order valence-electron chi connectivity index (χ3n) is 15.2. The van der Waals surface area contributed by atoms with Gasteiger partial charge in [-0.15, -0.1) is 0 Å². The van der Waals surface area contributed by atoms with Crippen molar-refractivity contribution >= 4 is 108 Å². The predicted molar refractivity (Wildman–Crippen MR) is 276 cm³/mol. The van der Waals surface area contributed by atoms with Gasteiger partial charge in [0.1, 0.15) is 0 Å². The van der Waals surface area contributed by atoms with Crippen LogP contribution in [0.3, 0.4) is 0 Å². The van der Waals surface area contributed by atoms with Gasteiger partial charge in [0.15, 0.2) is 0 Å². The van der Waals surface area contributed by atoms with Gasteiger partial charge in [0.2, 0.25) is 0 Å². The Morgan fingerprint density at radius 3 is 1.27 bits per heavy atom. The van der Waals surface area contributed by atoms with Crippen molar-refractivity contribution in [2.45, 2.75) is 0 Å². The zero-order valence-corrected chi connectivity index (χ0v) is 34.6. The average molecular weight is 803 g/mol. The Hall–Kier alpha value is -8.32. The Kier molecular flexibility index (Phi) is 6.13. The van der Waals surface area contributed by atoms with Crippen LogP contribution in [0.4, 0.5) is 0 Å². The van der Waals surface area contributed by atoms with Crippen molar-refractivity contribution in [3.63, 3.8) is 0 Å². The van der Waals surface area contributed by atoms with E-state index in [1.54, 1.807) is 0 Å². The second-order valence-corrected chi connectivity index (χ2v) is 18.1. The van der Waals surface area contributed by atoms with Crippen molar-refractivity contribution in [2.75, 3.05) is 0 Å². The summed E-state index contributed by atoms with van der Waals surface area (Å²) in [6, 6.07) is 78.2. The van der Waals surface area contributed by atoms with E-state index in [2.05, 4.69) is 206 Å². The zero-order valence-electron chi connectivity index (χ0n) is 34.6. The third kappa shape index (κ3) is 3.97.